The highest BCUT2D eigenvalue weighted by Gasteiger charge is 2.31. The third-order valence-corrected chi connectivity index (χ3v) is 10.2. The van der Waals surface area contributed by atoms with Crippen LogP contribution in [0, 0.1) is 5.92 Å². The van der Waals surface area contributed by atoms with Crippen LogP contribution in [0.1, 0.15) is 91.1 Å². The van der Waals surface area contributed by atoms with Gasteiger partial charge >= 0.3 is 5.97 Å². The van der Waals surface area contributed by atoms with Crippen LogP contribution in [-0.2, 0) is 40.9 Å². The molecule has 2 aliphatic heterocycles. The molecule has 1 fully saturated rings. The molecule has 0 aromatic heterocycles. The second-order valence-corrected chi connectivity index (χ2v) is 13.8. The molecule has 0 unspecified atom stereocenters. The predicted molar refractivity (Wildman–Crippen MR) is 197 cm³/mol. The fourth-order valence-electron chi connectivity index (χ4n) is 6.85. The average Bonchev–Trinajstić information content (AvgIpc) is 3.25. The molecule has 2 heterocycles. The van der Waals surface area contributed by atoms with Gasteiger partial charge in [0.05, 0.1) is 12.0 Å². The standard InChI is InChI=1S/C39H49ClN2O3.2ClH/c1-4-45-38(44)39(2,3)35-12-7-10-30(25-35)27-41-23-19-31-15-16-33(26-32(31)20-24-41)37(43)14-8-9-29-17-21-42(22-18-29)28-34-11-5-6-13-36(34)40;;/h5-7,10-13,15-16,25-26,29H,4,8-9,14,17-24,27-28H2,1-3H3;2*1H. The number of hydrogen-bond donors (Lipinski definition) is 0. The zero-order valence-electron chi connectivity index (χ0n) is 28.1. The summed E-state index contributed by atoms with van der Waals surface area (Å²) >= 11 is 6.36. The molecule has 5 rings (SSSR count). The van der Waals surface area contributed by atoms with E-state index in [2.05, 4.69) is 46.2 Å². The Bertz CT molecular complexity index is 1470. The number of ketones is 1. The molecule has 0 amide bonds. The molecule has 0 bridgehead atoms. The van der Waals surface area contributed by atoms with Crippen molar-refractivity contribution >= 4 is 48.2 Å². The highest BCUT2D eigenvalue weighted by Crippen LogP contribution is 2.28. The second-order valence-electron chi connectivity index (χ2n) is 13.4. The van der Waals surface area contributed by atoms with Crippen LogP contribution in [0.2, 0.25) is 5.02 Å². The molecule has 0 spiro atoms. The molecule has 0 N–H and O–H groups in total. The molecule has 256 valence electrons. The van der Waals surface area contributed by atoms with Crippen molar-refractivity contribution in [1.82, 2.24) is 9.80 Å². The van der Waals surface area contributed by atoms with Crippen LogP contribution in [0.5, 0.6) is 0 Å². The fourth-order valence-corrected chi connectivity index (χ4v) is 7.04. The summed E-state index contributed by atoms with van der Waals surface area (Å²) in [7, 11) is 0. The van der Waals surface area contributed by atoms with Gasteiger partial charge in [-0.2, -0.15) is 0 Å². The monoisotopic (exact) mass is 700 g/mol. The van der Waals surface area contributed by atoms with Crippen LogP contribution in [0.3, 0.4) is 0 Å². The molecule has 3 aromatic carbocycles. The summed E-state index contributed by atoms with van der Waals surface area (Å²) in [5, 5.41) is 0.854. The van der Waals surface area contributed by atoms with E-state index in [9.17, 15) is 9.59 Å². The lowest BCUT2D eigenvalue weighted by Crippen LogP contribution is -2.33. The Morgan fingerprint density at radius 1 is 0.851 bits per heavy atom. The van der Waals surface area contributed by atoms with Gasteiger partial charge in [0, 0.05) is 43.2 Å². The number of nitrogens with zero attached hydrogens (tertiary/aromatic N) is 2. The Balaban J connectivity index is 0.00000300. The number of halogens is 3. The number of piperidine rings is 1. The molecule has 1 saturated heterocycles. The fraction of sp³-hybridized carbons (Fsp3) is 0.487. The van der Waals surface area contributed by atoms with Crippen molar-refractivity contribution in [1.29, 1.82) is 0 Å². The van der Waals surface area contributed by atoms with Crippen LogP contribution >= 0.6 is 36.4 Å². The van der Waals surface area contributed by atoms with Crippen LogP contribution in [0.25, 0.3) is 0 Å². The van der Waals surface area contributed by atoms with Crippen molar-refractivity contribution < 1.29 is 14.3 Å². The average molecular weight is 702 g/mol. The van der Waals surface area contributed by atoms with Crippen LogP contribution in [-0.4, -0.2) is 54.3 Å². The van der Waals surface area contributed by atoms with E-state index in [4.69, 9.17) is 16.3 Å². The van der Waals surface area contributed by atoms with E-state index in [1.807, 2.05) is 51.1 Å². The second kappa shape index (κ2) is 18.4. The zero-order chi connectivity index (χ0) is 31.8. The van der Waals surface area contributed by atoms with Gasteiger partial charge in [-0.15, -0.1) is 24.8 Å². The predicted octanol–water partition coefficient (Wildman–Crippen LogP) is 8.89. The van der Waals surface area contributed by atoms with E-state index in [0.717, 1.165) is 81.1 Å². The number of carbonyl (C=O) groups excluding carboxylic acids is 2. The molecule has 5 nitrogen and oxygen atoms in total. The maximum absolute atomic E-state index is 13.2. The van der Waals surface area contributed by atoms with E-state index in [1.165, 1.54) is 35.1 Å². The topological polar surface area (TPSA) is 49.9 Å². The van der Waals surface area contributed by atoms with E-state index in [-0.39, 0.29) is 36.6 Å². The first kappa shape index (κ1) is 39.0. The van der Waals surface area contributed by atoms with Crippen LogP contribution < -0.4 is 0 Å². The SMILES string of the molecule is CCOC(=O)C(C)(C)c1cccc(CN2CCc3ccc(C(=O)CCCC4CCN(Cc5ccccc5Cl)CC4)cc3CC2)c1.Cl.Cl. The summed E-state index contributed by atoms with van der Waals surface area (Å²) in [6.45, 7) is 12.0. The maximum Gasteiger partial charge on any atom is 0.315 e. The maximum atomic E-state index is 13.2. The first-order valence-corrected chi connectivity index (χ1v) is 17.2. The van der Waals surface area contributed by atoms with Crippen molar-refractivity contribution in [2.24, 2.45) is 5.92 Å². The van der Waals surface area contributed by atoms with Crippen molar-refractivity contribution in [2.45, 2.75) is 84.2 Å². The van der Waals surface area contributed by atoms with Crippen LogP contribution in [0.15, 0.2) is 66.7 Å². The number of benzene rings is 3. The quantitative estimate of drug-likeness (QED) is 0.140. The van der Waals surface area contributed by atoms with Crippen molar-refractivity contribution in [3.8, 4) is 0 Å². The van der Waals surface area contributed by atoms with Gasteiger partial charge in [0.2, 0.25) is 0 Å². The number of hydrogen-bond acceptors (Lipinski definition) is 5. The number of fused-ring (bicyclic) bond motifs is 1. The highest BCUT2D eigenvalue weighted by atomic mass is 35.5. The first-order valence-electron chi connectivity index (χ1n) is 16.8. The number of Topliss-reactive ketones (excluding diaryl/α,β-unsaturated/α-hetero) is 1. The molecule has 0 radical (unpaired) electrons. The Morgan fingerprint density at radius 3 is 2.28 bits per heavy atom. The van der Waals surface area contributed by atoms with Gasteiger partial charge in [-0.3, -0.25) is 19.4 Å². The lowest BCUT2D eigenvalue weighted by molar-refractivity contribution is -0.148. The van der Waals surface area contributed by atoms with E-state index >= 15 is 0 Å². The van der Waals surface area contributed by atoms with E-state index < -0.39 is 5.41 Å². The van der Waals surface area contributed by atoms with Crippen molar-refractivity contribution in [3.05, 3.63) is 105 Å². The van der Waals surface area contributed by atoms with Gasteiger partial charge in [0.1, 0.15) is 0 Å². The Kier molecular flexibility index (Phi) is 15.3. The molecule has 0 saturated carbocycles. The molecule has 8 heteroatoms. The summed E-state index contributed by atoms with van der Waals surface area (Å²) < 4.78 is 5.32. The van der Waals surface area contributed by atoms with Crippen molar-refractivity contribution in [2.75, 3.05) is 32.8 Å². The van der Waals surface area contributed by atoms with Gasteiger partial charge < -0.3 is 4.74 Å². The molecule has 2 aliphatic rings. The largest absolute Gasteiger partial charge is 0.465 e. The number of esters is 1. The van der Waals surface area contributed by atoms with Gasteiger partial charge in [-0.1, -0.05) is 66.2 Å². The molecular weight excluding hydrogens is 651 g/mol. The molecule has 3 aromatic rings. The van der Waals surface area contributed by atoms with Gasteiger partial charge in [-0.05, 0) is 118 Å². The number of rotatable bonds is 12. The third kappa shape index (κ3) is 10.5. The first-order chi connectivity index (χ1) is 21.7. The van der Waals surface area contributed by atoms with E-state index in [0.29, 0.717) is 18.9 Å². The minimum atomic E-state index is -0.681. The van der Waals surface area contributed by atoms with Gasteiger partial charge in [0.25, 0.3) is 0 Å². The minimum absolute atomic E-state index is 0. The van der Waals surface area contributed by atoms with Crippen LogP contribution in [0.4, 0.5) is 0 Å². The number of carbonyl (C=O) groups is 2. The van der Waals surface area contributed by atoms with E-state index in [1.54, 1.807) is 0 Å². The normalized spacial score (nSPS) is 15.9. The molecular formula is C39H51Cl3N2O3. The Labute approximate surface area is 299 Å². The highest BCUT2D eigenvalue weighted by molar-refractivity contribution is 6.31. The van der Waals surface area contributed by atoms with Crippen molar-refractivity contribution in [3.63, 3.8) is 0 Å². The summed E-state index contributed by atoms with van der Waals surface area (Å²) in [5.41, 5.74) is 6.25. The van der Waals surface area contributed by atoms with Gasteiger partial charge in [-0.25, -0.2) is 0 Å². The minimum Gasteiger partial charge on any atom is -0.465 e. The zero-order valence-corrected chi connectivity index (χ0v) is 30.5. The number of ether oxygens (including phenoxy) is 1. The molecule has 47 heavy (non-hydrogen) atoms. The smallest absolute Gasteiger partial charge is 0.315 e. The molecule has 0 aliphatic carbocycles. The number of likely N-dealkylation sites (tertiary alicyclic amines) is 1. The lowest BCUT2D eigenvalue weighted by atomic mass is 9.84. The molecule has 0 atom stereocenters. The Morgan fingerprint density at radius 2 is 1.55 bits per heavy atom. The lowest BCUT2D eigenvalue weighted by Gasteiger charge is -2.32. The van der Waals surface area contributed by atoms with Gasteiger partial charge in [0.15, 0.2) is 5.78 Å². The Hall–Kier alpha value is -2.41. The summed E-state index contributed by atoms with van der Waals surface area (Å²) in [6, 6.07) is 22.9. The summed E-state index contributed by atoms with van der Waals surface area (Å²) in [4.78, 5) is 30.7. The third-order valence-electron chi connectivity index (χ3n) is 9.84. The summed E-state index contributed by atoms with van der Waals surface area (Å²) in [6.07, 6.45) is 7.03. The summed E-state index contributed by atoms with van der Waals surface area (Å²) in [5.74, 6) is 0.787.